The van der Waals surface area contributed by atoms with Crippen LogP contribution in [0.5, 0.6) is 5.75 Å². The summed E-state index contributed by atoms with van der Waals surface area (Å²) in [5.41, 5.74) is 7.67. The van der Waals surface area contributed by atoms with Gasteiger partial charge in [-0.15, -0.1) is 0 Å². The molecule has 0 aliphatic rings. The number of benzene rings is 2. The summed E-state index contributed by atoms with van der Waals surface area (Å²) in [6, 6.07) is 9.21. The van der Waals surface area contributed by atoms with Gasteiger partial charge in [-0.1, -0.05) is 6.07 Å². The maximum Gasteiger partial charge on any atom is 0.262 e. The largest absolute Gasteiger partial charge is 0.508 e. The summed E-state index contributed by atoms with van der Waals surface area (Å²) >= 11 is 0. The molecule has 2 rings (SSSR count). The van der Waals surface area contributed by atoms with Crippen molar-refractivity contribution in [2.45, 2.75) is 18.7 Å². The van der Waals surface area contributed by atoms with E-state index >= 15 is 0 Å². The predicted molar refractivity (Wildman–Crippen MR) is 79.2 cm³/mol. The first-order valence-corrected chi connectivity index (χ1v) is 7.46. The fraction of sp³-hybridized carbons (Fsp3) is 0.143. The van der Waals surface area contributed by atoms with Gasteiger partial charge in [-0.2, -0.15) is 0 Å². The lowest BCUT2D eigenvalue weighted by Gasteiger charge is -2.11. The van der Waals surface area contributed by atoms with Gasteiger partial charge in [-0.3, -0.25) is 4.72 Å². The Morgan fingerprint density at radius 3 is 2.35 bits per heavy atom. The van der Waals surface area contributed by atoms with Gasteiger partial charge in [0.25, 0.3) is 10.0 Å². The van der Waals surface area contributed by atoms with Crippen LogP contribution in [0.1, 0.15) is 11.1 Å². The lowest BCUT2D eigenvalue weighted by molar-refractivity contribution is 0.471. The topological polar surface area (TPSA) is 92.4 Å². The van der Waals surface area contributed by atoms with Crippen molar-refractivity contribution in [2.24, 2.45) is 0 Å². The molecule has 0 spiro atoms. The summed E-state index contributed by atoms with van der Waals surface area (Å²) in [6.07, 6.45) is 0. The van der Waals surface area contributed by atoms with Crippen LogP contribution >= 0.6 is 0 Å². The molecule has 2 aromatic carbocycles. The van der Waals surface area contributed by atoms with E-state index in [9.17, 15) is 13.5 Å². The smallest absolute Gasteiger partial charge is 0.262 e. The van der Waals surface area contributed by atoms with E-state index < -0.39 is 10.0 Å². The third-order valence-electron chi connectivity index (χ3n) is 2.95. The van der Waals surface area contributed by atoms with E-state index in [0.717, 1.165) is 0 Å². The molecule has 0 saturated carbocycles. The van der Waals surface area contributed by atoms with E-state index in [0.29, 0.717) is 22.5 Å². The standard InChI is InChI=1S/C14H16N2O3S/c1-9-3-5-12(8-13(9)17)16-20(18,19)14-6-4-11(15)7-10(14)2/h3-8,16-17H,15H2,1-2H3. The van der Waals surface area contributed by atoms with Crippen LogP contribution in [0.3, 0.4) is 0 Å². The zero-order valence-corrected chi connectivity index (χ0v) is 12.0. The zero-order valence-electron chi connectivity index (χ0n) is 11.2. The number of phenolic OH excluding ortho intramolecular Hbond substituents is 1. The Kier molecular flexibility index (Phi) is 3.59. The first-order chi connectivity index (χ1) is 9.29. The molecule has 6 heteroatoms. The van der Waals surface area contributed by atoms with Gasteiger partial charge in [0.1, 0.15) is 5.75 Å². The highest BCUT2D eigenvalue weighted by atomic mass is 32.2. The highest BCUT2D eigenvalue weighted by Crippen LogP contribution is 2.25. The van der Waals surface area contributed by atoms with Gasteiger partial charge in [0.05, 0.1) is 10.6 Å². The van der Waals surface area contributed by atoms with Crippen molar-refractivity contribution in [2.75, 3.05) is 10.5 Å². The number of aryl methyl sites for hydroxylation is 2. The van der Waals surface area contributed by atoms with Crippen molar-refractivity contribution in [3.05, 3.63) is 47.5 Å². The number of phenols is 1. The zero-order chi connectivity index (χ0) is 14.9. The quantitative estimate of drug-likeness (QED) is 0.757. The first kappa shape index (κ1) is 14.2. The van der Waals surface area contributed by atoms with E-state index in [4.69, 9.17) is 5.73 Å². The second-order valence-corrected chi connectivity index (χ2v) is 6.28. The van der Waals surface area contributed by atoms with Crippen LogP contribution in [-0.4, -0.2) is 13.5 Å². The number of aromatic hydroxyl groups is 1. The Balaban J connectivity index is 2.38. The highest BCUT2D eigenvalue weighted by molar-refractivity contribution is 7.92. The minimum Gasteiger partial charge on any atom is -0.508 e. The second-order valence-electron chi connectivity index (χ2n) is 4.63. The number of hydrogen-bond donors (Lipinski definition) is 3. The number of rotatable bonds is 3. The fourth-order valence-corrected chi connectivity index (χ4v) is 3.13. The van der Waals surface area contributed by atoms with Gasteiger partial charge >= 0.3 is 0 Å². The van der Waals surface area contributed by atoms with Crippen molar-refractivity contribution in [3.63, 3.8) is 0 Å². The lowest BCUT2D eigenvalue weighted by Crippen LogP contribution is -2.14. The van der Waals surface area contributed by atoms with Gasteiger partial charge in [0, 0.05) is 11.8 Å². The fourth-order valence-electron chi connectivity index (χ4n) is 1.86. The molecule has 0 saturated heterocycles. The van der Waals surface area contributed by atoms with Crippen LogP contribution in [0.15, 0.2) is 41.3 Å². The summed E-state index contributed by atoms with van der Waals surface area (Å²) in [5, 5.41) is 9.61. The maximum atomic E-state index is 12.3. The number of nitrogens with two attached hydrogens (primary N) is 1. The molecular weight excluding hydrogens is 276 g/mol. The Hall–Kier alpha value is -2.21. The van der Waals surface area contributed by atoms with Gasteiger partial charge in [-0.05, 0) is 49.2 Å². The molecule has 0 heterocycles. The van der Waals surface area contributed by atoms with Crippen molar-refractivity contribution in [3.8, 4) is 5.75 Å². The minimum atomic E-state index is -3.71. The SMILES string of the molecule is Cc1ccc(NS(=O)(=O)c2ccc(N)cc2C)cc1O. The molecule has 0 bridgehead atoms. The van der Waals surface area contributed by atoms with Crippen LogP contribution in [0, 0.1) is 13.8 Å². The van der Waals surface area contributed by atoms with E-state index in [-0.39, 0.29) is 10.6 Å². The number of nitrogen functional groups attached to an aromatic ring is 1. The predicted octanol–water partition coefficient (Wildman–Crippen LogP) is 2.39. The average molecular weight is 292 g/mol. The number of sulfonamides is 1. The molecule has 4 N–H and O–H groups in total. The Bertz CT molecular complexity index is 755. The molecule has 2 aromatic rings. The normalized spacial score (nSPS) is 11.3. The molecule has 0 aromatic heterocycles. The van der Waals surface area contributed by atoms with Gasteiger partial charge in [0.2, 0.25) is 0 Å². The number of hydrogen-bond acceptors (Lipinski definition) is 4. The molecule has 0 unspecified atom stereocenters. The highest BCUT2D eigenvalue weighted by Gasteiger charge is 2.17. The van der Waals surface area contributed by atoms with Crippen LogP contribution in [-0.2, 0) is 10.0 Å². The van der Waals surface area contributed by atoms with Crippen LogP contribution < -0.4 is 10.5 Å². The third kappa shape index (κ3) is 2.85. The molecule has 0 amide bonds. The average Bonchev–Trinajstić information content (AvgIpc) is 2.33. The Morgan fingerprint density at radius 1 is 1.05 bits per heavy atom. The molecule has 0 atom stereocenters. The van der Waals surface area contributed by atoms with Crippen molar-refractivity contribution in [1.82, 2.24) is 0 Å². The van der Waals surface area contributed by atoms with Crippen molar-refractivity contribution < 1.29 is 13.5 Å². The second kappa shape index (κ2) is 5.05. The number of anilines is 2. The van der Waals surface area contributed by atoms with Gasteiger partial charge in [-0.25, -0.2) is 8.42 Å². The molecule has 0 aliphatic carbocycles. The van der Waals surface area contributed by atoms with Crippen LogP contribution in [0.4, 0.5) is 11.4 Å². The van der Waals surface area contributed by atoms with Crippen molar-refractivity contribution in [1.29, 1.82) is 0 Å². The molecule has 0 radical (unpaired) electrons. The monoisotopic (exact) mass is 292 g/mol. The third-order valence-corrected chi connectivity index (χ3v) is 4.49. The Labute approximate surface area is 118 Å². The number of nitrogens with one attached hydrogen (secondary N) is 1. The molecular formula is C14H16N2O3S. The van der Waals surface area contributed by atoms with Crippen LogP contribution in [0.25, 0.3) is 0 Å². The lowest BCUT2D eigenvalue weighted by atomic mass is 10.2. The molecule has 20 heavy (non-hydrogen) atoms. The first-order valence-electron chi connectivity index (χ1n) is 5.98. The molecule has 5 nitrogen and oxygen atoms in total. The maximum absolute atomic E-state index is 12.3. The summed E-state index contributed by atoms with van der Waals surface area (Å²) in [5.74, 6) is 0.0410. The minimum absolute atomic E-state index is 0.0410. The summed E-state index contributed by atoms with van der Waals surface area (Å²) in [6.45, 7) is 3.41. The van der Waals surface area contributed by atoms with E-state index in [1.807, 2.05) is 0 Å². The summed E-state index contributed by atoms with van der Waals surface area (Å²) < 4.78 is 27.0. The van der Waals surface area contributed by atoms with E-state index in [1.54, 1.807) is 32.0 Å². The molecule has 0 aliphatic heterocycles. The molecule has 0 fully saturated rings. The summed E-state index contributed by atoms with van der Waals surface area (Å²) in [7, 11) is -3.71. The van der Waals surface area contributed by atoms with Gasteiger partial charge < -0.3 is 10.8 Å². The molecule has 106 valence electrons. The van der Waals surface area contributed by atoms with E-state index in [1.165, 1.54) is 18.2 Å². The van der Waals surface area contributed by atoms with Gasteiger partial charge in [0.15, 0.2) is 0 Å². The van der Waals surface area contributed by atoms with Crippen LogP contribution in [0.2, 0.25) is 0 Å². The van der Waals surface area contributed by atoms with Crippen molar-refractivity contribution >= 4 is 21.4 Å². The summed E-state index contributed by atoms with van der Waals surface area (Å²) in [4.78, 5) is 0.159. The Morgan fingerprint density at radius 2 is 1.75 bits per heavy atom. The van der Waals surface area contributed by atoms with E-state index in [2.05, 4.69) is 4.72 Å².